The molecule has 0 saturated carbocycles. The summed E-state index contributed by atoms with van der Waals surface area (Å²) in [7, 11) is 5.34. The molecule has 0 aliphatic carbocycles. The lowest BCUT2D eigenvalue weighted by Gasteiger charge is -2.33. The van der Waals surface area contributed by atoms with Crippen molar-refractivity contribution in [2.45, 2.75) is 109 Å². The second kappa shape index (κ2) is 20.2. The molecule has 0 bridgehead atoms. The molecule has 2 fully saturated rings. The number of nitrogens with zero attached hydrogens (tertiary/aromatic N) is 4. The van der Waals surface area contributed by atoms with Gasteiger partial charge in [0.05, 0.1) is 25.8 Å². The maximum Gasteiger partial charge on any atom is 0.255 e. The quantitative estimate of drug-likeness (QED) is 0.0578. The molecule has 5 aromatic rings. The number of unbranched alkanes of at least 4 members (excludes halogenated alkanes) is 4. The van der Waals surface area contributed by atoms with Crippen LogP contribution in [0.1, 0.15) is 120 Å². The summed E-state index contributed by atoms with van der Waals surface area (Å²) in [5, 5.41) is 12.5. The molecule has 3 aliphatic heterocycles. The van der Waals surface area contributed by atoms with Crippen LogP contribution < -0.4 is 25.4 Å². The molecule has 3 N–H and O–H groups in total. The van der Waals surface area contributed by atoms with Crippen LogP contribution in [-0.2, 0) is 29.1 Å². The second-order valence-corrected chi connectivity index (χ2v) is 18.4. The van der Waals surface area contributed by atoms with Crippen LogP contribution in [0.2, 0.25) is 0 Å². The Hall–Kier alpha value is -5.44. The highest BCUT2D eigenvalue weighted by molar-refractivity contribution is 7.10. The SMILES string of the molecule is CNCc1ccccc1-c1csc([C@@H](C)Nc2nc(C)nc3c(CCCCCCCN4CCC(c5cc(F)cc6c5CN(C5CCC(=O)NC5=O)C6=O)CC4)c(OC)c(OC)cc23)c1. The monoisotopic (exact) mass is 889 g/mol. The number of fused-ring (bicyclic) bond motifs is 2. The highest BCUT2D eigenvalue weighted by Gasteiger charge is 2.41. The number of thiophene rings is 1. The Morgan fingerprint density at radius 1 is 0.953 bits per heavy atom. The molecule has 5 heterocycles. The molecule has 2 aromatic heterocycles. The number of imide groups is 1. The minimum atomic E-state index is -0.714. The van der Waals surface area contributed by atoms with Gasteiger partial charge < -0.3 is 29.9 Å². The number of methoxy groups -OCH3 is 2. The molecule has 8 rings (SSSR count). The maximum atomic E-state index is 14.9. The highest BCUT2D eigenvalue weighted by Crippen LogP contribution is 2.42. The van der Waals surface area contributed by atoms with Crippen molar-refractivity contribution in [2.75, 3.05) is 46.2 Å². The number of ether oxygens (including phenoxy) is 2. The fourth-order valence-corrected chi connectivity index (χ4v) is 10.8. The molecule has 3 amide bonds. The Morgan fingerprint density at radius 2 is 1.73 bits per heavy atom. The Morgan fingerprint density at radius 3 is 2.50 bits per heavy atom. The third kappa shape index (κ3) is 9.64. The number of carbonyl (C=O) groups excluding carboxylic acids is 3. The molecular formula is C50H60FN7O5S. The number of benzene rings is 3. The molecule has 3 aliphatic rings. The van der Waals surface area contributed by atoms with E-state index in [-0.39, 0.29) is 43.2 Å². The van der Waals surface area contributed by atoms with Crippen molar-refractivity contribution in [3.05, 3.63) is 98.2 Å². The van der Waals surface area contributed by atoms with Gasteiger partial charge in [0.2, 0.25) is 11.8 Å². The number of aryl methyl sites for hydroxylation is 2. The number of aromatic nitrogens is 2. The molecule has 338 valence electrons. The average Bonchev–Trinajstić information content (AvgIpc) is 3.91. The van der Waals surface area contributed by atoms with Crippen LogP contribution in [0.15, 0.2) is 53.9 Å². The van der Waals surface area contributed by atoms with Gasteiger partial charge in [-0.25, -0.2) is 14.4 Å². The number of carbonyl (C=O) groups is 3. The van der Waals surface area contributed by atoms with E-state index in [1.165, 1.54) is 32.5 Å². The van der Waals surface area contributed by atoms with Gasteiger partial charge >= 0.3 is 0 Å². The lowest BCUT2D eigenvalue weighted by molar-refractivity contribution is -0.136. The van der Waals surface area contributed by atoms with Gasteiger partial charge in [-0.1, -0.05) is 43.5 Å². The summed E-state index contributed by atoms with van der Waals surface area (Å²) >= 11 is 1.75. The smallest absolute Gasteiger partial charge is 0.255 e. The molecule has 12 nitrogen and oxygen atoms in total. The average molecular weight is 890 g/mol. The predicted octanol–water partition coefficient (Wildman–Crippen LogP) is 8.85. The summed E-state index contributed by atoms with van der Waals surface area (Å²) in [6, 6.07) is 15.0. The number of rotatable bonds is 18. The largest absolute Gasteiger partial charge is 0.493 e. The van der Waals surface area contributed by atoms with Gasteiger partial charge in [-0.05, 0) is 142 Å². The Kier molecular flexibility index (Phi) is 14.2. The number of nitrogens with one attached hydrogen (secondary N) is 3. The van der Waals surface area contributed by atoms with Gasteiger partial charge in [-0.2, -0.15) is 0 Å². The number of halogens is 1. The molecule has 1 unspecified atom stereocenters. The third-order valence-electron chi connectivity index (χ3n) is 13.2. The summed E-state index contributed by atoms with van der Waals surface area (Å²) in [6.45, 7) is 8.04. The lowest BCUT2D eigenvalue weighted by atomic mass is 9.85. The van der Waals surface area contributed by atoms with Crippen LogP contribution in [0.5, 0.6) is 11.5 Å². The summed E-state index contributed by atoms with van der Waals surface area (Å²) in [5.74, 6) is 1.47. The molecule has 2 atom stereocenters. The fraction of sp³-hybridized carbons (Fsp3) is 0.460. The van der Waals surface area contributed by atoms with Gasteiger partial charge in [-0.15, -0.1) is 11.3 Å². The van der Waals surface area contributed by atoms with Crippen molar-refractivity contribution in [3.63, 3.8) is 0 Å². The van der Waals surface area contributed by atoms with E-state index in [4.69, 9.17) is 19.4 Å². The molecule has 3 aromatic carbocycles. The van der Waals surface area contributed by atoms with Crippen molar-refractivity contribution in [1.29, 1.82) is 0 Å². The topological polar surface area (TPSA) is 138 Å². The van der Waals surface area contributed by atoms with Crippen LogP contribution in [0.4, 0.5) is 10.2 Å². The molecular weight excluding hydrogens is 830 g/mol. The zero-order valence-corrected chi connectivity index (χ0v) is 38.5. The number of hydrogen-bond acceptors (Lipinski definition) is 11. The first-order chi connectivity index (χ1) is 31.1. The first-order valence-corrected chi connectivity index (χ1v) is 23.6. The molecule has 64 heavy (non-hydrogen) atoms. The van der Waals surface area contributed by atoms with Gasteiger partial charge in [0, 0.05) is 40.9 Å². The minimum absolute atomic E-state index is 0.0108. The Balaban J connectivity index is 0.841. The van der Waals surface area contributed by atoms with Crippen molar-refractivity contribution >= 4 is 45.8 Å². The molecule has 0 radical (unpaired) electrons. The van der Waals surface area contributed by atoms with E-state index in [9.17, 15) is 18.8 Å². The number of piperidine rings is 2. The lowest BCUT2D eigenvalue weighted by Crippen LogP contribution is -2.52. The zero-order chi connectivity index (χ0) is 44.9. The summed E-state index contributed by atoms with van der Waals surface area (Å²) in [6.07, 6.45) is 8.47. The van der Waals surface area contributed by atoms with Gasteiger partial charge in [0.1, 0.15) is 23.5 Å². The summed E-state index contributed by atoms with van der Waals surface area (Å²) in [4.78, 5) is 52.8. The van der Waals surface area contributed by atoms with Gasteiger partial charge in [0.25, 0.3) is 5.91 Å². The molecule has 0 spiro atoms. The van der Waals surface area contributed by atoms with E-state index in [1.54, 1.807) is 31.6 Å². The van der Waals surface area contributed by atoms with E-state index in [0.29, 0.717) is 17.1 Å². The zero-order valence-electron chi connectivity index (χ0n) is 37.7. The maximum absolute atomic E-state index is 14.9. The van der Waals surface area contributed by atoms with Crippen molar-refractivity contribution in [1.82, 2.24) is 30.4 Å². The van der Waals surface area contributed by atoms with E-state index >= 15 is 0 Å². The van der Waals surface area contributed by atoms with Crippen molar-refractivity contribution in [3.8, 4) is 22.6 Å². The number of likely N-dealkylation sites (tertiary alicyclic amines) is 1. The number of amides is 3. The second-order valence-electron chi connectivity index (χ2n) is 17.5. The normalized spacial score (nSPS) is 17.5. The number of hydrogen-bond donors (Lipinski definition) is 3. The Bertz CT molecular complexity index is 2520. The van der Waals surface area contributed by atoms with Crippen LogP contribution in [0.25, 0.3) is 22.0 Å². The van der Waals surface area contributed by atoms with Crippen LogP contribution >= 0.6 is 11.3 Å². The van der Waals surface area contributed by atoms with E-state index in [1.807, 2.05) is 20.0 Å². The Labute approximate surface area is 379 Å². The molecule has 2 saturated heterocycles. The number of anilines is 1. The first kappa shape index (κ1) is 45.1. The highest BCUT2D eigenvalue weighted by atomic mass is 32.1. The first-order valence-electron chi connectivity index (χ1n) is 22.8. The summed E-state index contributed by atoms with van der Waals surface area (Å²) < 4.78 is 26.8. The van der Waals surface area contributed by atoms with E-state index in [0.717, 1.165) is 117 Å². The third-order valence-corrected chi connectivity index (χ3v) is 14.3. The van der Waals surface area contributed by atoms with E-state index < -0.39 is 17.8 Å². The minimum Gasteiger partial charge on any atom is -0.493 e. The predicted molar refractivity (Wildman–Crippen MR) is 250 cm³/mol. The summed E-state index contributed by atoms with van der Waals surface area (Å²) in [5.41, 5.74) is 7.71. The van der Waals surface area contributed by atoms with Gasteiger partial charge in [0.15, 0.2) is 11.5 Å². The van der Waals surface area contributed by atoms with Gasteiger partial charge in [-0.3, -0.25) is 19.7 Å². The van der Waals surface area contributed by atoms with Crippen molar-refractivity contribution < 1.29 is 28.2 Å². The van der Waals surface area contributed by atoms with Crippen LogP contribution in [0.3, 0.4) is 0 Å². The van der Waals surface area contributed by atoms with Crippen molar-refractivity contribution in [2.24, 2.45) is 0 Å². The van der Waals surface area contributed by atoms with Crippen LogP contribution in [0, 0.1) is 12.7 Å². The molecule has 14 heteroatoms. The van der Waals surface area contributed by atoms with E-state index in [2.05, 4.69) is 63.5 Å². The fourth-order valence-electron chi connectivity index (χ4n) is 9.91. The van der Waals surface area contributed by atoms with Crippen LogP contribution in [-0.4, -0.2) is 84.4 Å². The standard InChI is InChI=1S/C50H60FN7O5S/c1-30(44-23-34(29-64-44)36-14-11-10-13-33(36)27-52-3)53-48-40-26-43(62-4)47(63-5)37(46(40)54-31(2)55-48)15-9-7-6-8-12-20-57-21-18-32(19-22-57)38-24-35(51)25-39-41(38)28-58(50(39)61)42-16-17-45(59)56-49(42)60/h10-11,13-14,23-26,29-30,32,42,52H,6-9,12,15-22,27-28H2,1-5H3,(H,53,54,55)(H,56,59,60)/t30-,42?/m1/s1.